The van der Waals surface area contributed by atoms with Crippen LogP contribution in [-0.4, -0.2) is 61.7 Å². The van der Waals surface area contributed by atoms with Crippen LogP contribution in [0.4, 0.5) is 0 Å². The molecule has 0 unspecified atom stereocenters. The van der Waals surface area contributed by atoms with E-state index in [1.807, 2.05) is 29.2 Å². The van der Waals surface area contributed by atoms with Gasteiger partial charge in [0.05, 0.1) is 19.6 Å². The first-order chi connectivity index (χ1) is 13.1. The number of benzene rings is 1. The predicted molar refractivity (Wildman–Crippen MR) is 101 cm³/mol. The first kappa shape index (κ1) is 19.6. The van der Waals surface area contributed by atoms with Crippen molar-refractivity contribution in [2.45, 2.75) is 50.4 Å². The number of hydrogen-bond donors (Lipinski definition) is 2. The average molecular weight is 375 g/mol. The number of amides is 2. The fourth-order valence-electron chi connectivity index (χ4n) is 3.76. The number of carbonyl (C=O) groups is 2. The zero-order valence-electron chi connectivity index (χ0n) is 15.9. The highest BCUT2D eigenvalue weighted by Gasteiger charge is 2.32. The first-order valence-corrected chi connectivity index (χ1v) is 9.66. The van der Waals surface area contributed by atoms with E-state index in [1.165, 1.54) is 0 Å². The monoisotopic (exact) mass is 375 g/mol. The van der Waals surface area contributed by atoms with Gasteiger partial charge in [-0.2, -0.15) is 0 Å². The van der Waals surface area contributed by atoms with Crippen LogP contribution in [-0.2, 0) is 20.7 Å². The minimum absolute atomic E-state index is 0.00445. The molecule has 2 amide bonds. The number of carbonyl (C=O) groups excluding carboxylic acids is 2. The maximum atomic E-state index is 12.6. The van der Waals surface area contributed by atoms with Gasteiger partial charge in [-0.1, -0.05) is 18.2 Å². The van der Waals surface area contributed by atoms with E-state index in [0.717, 1.165) is 37.0 Å². The van der Waals surface area contributed by atoms with E-state index < -0.39 is 0 Å². The Balaban J connectivity index is 1.44. The van der Waals surface area contributed by atoms with Gasteiger partial charge in [0.25, 0.3) is 0 Å². The molecule has 0 radical (unpaired) electrons. The fraction of sp³-hybridized carbons (Fsp3) is 0.600. The van der Waals surface area contributed by atoms with Crippen molar-refractivity contribution in [2.75, 3.05) is 26.7 Å². The lowest BCUT2D eigenvalue weighted by molar-refractivity contribution is -0.133. The van der Waals surface area contributed by atoms with E-state index in [-0.39, 0.29) is 30.1 Å². The van der Waals surface area contributed by atoms with Crippen LogP contribution in [0.3, 0.4) is 0 Å². The summed E-state index contributed by atoms with van der Waals surface area (Å²) in [5, 5.41) is 3.07. The smallest absolute Gasteiger partial charge is 0.249 e. The van der Waals surface area contributed by atoms with Crippen LogP contribution in [0.25, 0.3) is 0 Å². The number of likely N-dealkylation sites (tertiary alicyclic amines) is 1. The quantitative estimate of drug-likeness (QED) is 0.769. The van der Waals surface area contributed by atoms with Crippen molar-refractivity contribution in [3.05, 3.63) is 29.8 Å². The maximum Gasteiger partial charge on any atom is 0.249 e. The molecule has 7 nitrogen and oxygen atoms in total. The second-order valence-electron chi connectivity index (χ2n) is 7.21. The van der Waals surface area contributed by atoms with Crippen LogP contribution in [0.5, 0.6) is 5.75 Å². The molecule has 1 aromatic carbocycles. The zero-order valence-corrected chi connectivity index (χ0v) is 15.9. The van der Waals surface area contributed by atoms with Gasteiger partial charge in [0.2, 0.25) is 11.8 Å². The van der Waals surface area contributed by atoms with Crippen molar-refractivity contribution < 1.29 is 19.1 Å². The molecule has 7 heteroatoms. The summed E-state index contributed by atoms with van der Waals surface area (Å²) in [6.45, 7) is 1.75. The van der Waals surface area contributed by atoms with E-state index in [4.69, 9.17) is 15.2 Å². The number of para-hydroxylation sites is 1. The fourth-order valence-corrected chi connectivity index (χ4v) is 3.76. The van der Waals surface area contributed by atoms with Gasteiger partial charge in [-0.3, -0.25) is 9.59 Å². The molecule has 2 heterocycles. The Labute approximate surface area is 160 Å². The molecule has 1 aromatic rings. The van der Waals surface area contributed by atoms with Gasteiger partial charge < -0.3 is 25.4 Å². The Bertz CT molecular complexity index is 658. The highest BCUT2D eigenvalue weighted by Crippen LogP contribution is 2.21. The lowest BCUT2D eigenvalue weighted by Crippen LogP contribution is -2.49. The van der Waals surface area contributed by atoms with Gasteiger partial charge in [-0.25, -0.2) is 0 Å². The molecule has 2 atom stereocenters. The highest BCUT2D eigenvalue weighted by molar-refractivity contribution is 5.81. The van der Waals surface area contributed by atoms with Crippen molar-refractivity contribution in [3.63, 3.8) is 0 Å². The Kier molecular flexibility index (Phi) is 6.68. The number of rotatable bonds is 6. The van der Waals surface area contributed by atoms with Crippen LogP contribution in [0.15, 0.2) is 24.3 Å². The molecule has 2 aliphatic heterocycles. The molecule has 0 aliphatic carbocycles. The third kappa shape index (κ3) is 4.99. The molecule has 3 rings (SSSR count). The maximum absolute atomic E-state index is 12.6. The third-order valence-corrected chi connectivity index (χ3v) is 5.39. The average Bonchev–Trinajstić information content (AvgIpc) is 3.18. The summed E-state index contributed by atoms with van der Waals surface area (Å²) in [5.74, 6) is 0.777. The highest BCUT2D eigenvalue weighted by atomic mass is 16.5. The molecule has 3 N–H and O–H groups in total. The van der Waals surface area contributed by atoms with Crippen LogP contribution in [0, 0.1) is 0 Å². The number of nitrogens with zero attached hydrogens (tertiary/aromatic N) is 1. The minimum Gasteiger partial charge on any atom is -0.496 e. The molecule has 148 valence electrons. The molecule has 0 aromatic heterocycles. The van der Waals surface area contributed by atoms with Crippen LogP contribution >= 0.6 is 0 Å². The Morgan fingerprint density at radius 1 is 1.22 bits per heavy atom. The molecular weight excluding hydrogens is 346 g/mol. The van der Waals surface area contributed by atoms with Gasteiger partial charge in [-0.15, -0.1) is 0 Å². The largest absolute Gasteiger partial charge is 0.496 e. The lowest BCUT2D eigenvalue weighted by atomic mass is 10.0. The van der Waals surface area contributed by atoms with Crippen LogP contribution in [0.1, 0.15) is 31.2 Å². The molecule has 0 spiro atoms. The van der Waals surface area contributed by atoms with Crippen molar-refractivity contribution in [3.8, 4) is 5.75 Å². The van der Waals surface area contributed by atoms with Crippen molar-refractivity contribution in [1.82, 2.24) is 10.2 Å². The zero-order chi connectivity index (χ0) is 19.2. The number of nitrogens with one attached hydrogen (secondary N) is 1. The SMILES string of the molecule is COc1ccccc1CC(=O)N1CCC(NC(=O)[C@@H]2CC[C@H](CN)O2)CC1. The third-order valence-electron chi connectivity index (χ3n) is 5.39. The van der Waals surface area contributed by atoms with Crippen LogP contribution in [0.2, 0.25) is 0 Å². The molecule has 2 saturated heterocycles. The van der Waals surface area contributed by atoms with E-state index in [9.17, 15) is 9.59 Å². The summed E-state index contributed by atoms with van der Waals surface area (Å²) in [7, 11) is 1.61. The van der Waals surface area contributed by atoms with E-state index in [0.29, 0.717) is 26.1 Å². The predicted octanol–water partition coefficient (Wildman–Crippen LogP) is 0.851. The number of piperidine rings is 1. The Morgan fingerprint density at radius 3 is 2.63 bits per heavy atom. The molecule has 0 bridgehead atoms. The van der Waals surface area contributed by atoms with Crippen molar-refractivity contribution in [1.29, 1.82) is 0 Å². The Hall–Kier alpha value is -2.12. The summed E-state index contributed by atoms with van der Waals surface area (Å²) >= 11 is 0. The Morgan fingerprint density at radius 2 is 1.96 bits per heavy atom. The number of hydrogen-bond acceptors (Lipinski definition) is 5. The van der Waals surface area contributed by atoms with E-state index in [2.05, 4.69) is 5.32 Å². The molecule has 2 aliphatic rings. The first-order valence-electron chi connectivity index (χ1n) is 9.66. The molecule has 2 fully saturated rings. The number of methoxy groups -OCH3 is 1. The topological polar surface area (TPSA) is 93.9 Å². The number of nitrogens with two attached hydrogens (primary N) is 1. The van der Waals surface area contributed by atoms with E-state index >= 15 is 0 Å². The summed E-state index contributed by atoms with van der Waals surface area (Å²) in [6, 6.07) is 7.68. The summed E-state index contributed by atoms with van der Waals surface area (Å²) in [6.07, 6.45) is 3.03. The lowest BCUT2D eigenvalue weighted by Gasteiger charge is -2.33. The van der Waals surface area contributed by atoms with Gasteiger partial charge in [-0.05, 0) is 31.7 Å². The van der Waals surface area contributed by atoms with Gasteiger partial charge >= 0.3 is 0 Å². The molecule has 0 saturated carbocycles. The standard InChI is InChI=1S/C20H29N3O4/c1-26-17-5-3-2-4-14(17)12-19(24)23-10-8-15(9-11-23)22-20(25)18-7-6-16(13-21)27-18/h2-5,15-16,18H,6-13,21H2,1H3,(H,22,25)/t16-,18+/m1/s1. The summed E-state index contributed by atoms with van der Waals surface area (Å²) < 4.78 is 11.0. The van der Waals surface area contributed by atoms with Gasteiger partial charge in [0, 0.05) is 31.2 Å². The van der Waals surface area contributed by atoms with Gasteiger partial charge in [0.1, 0.15) is 11.9 Å². The minimum atomic E-state index is -0.385. The molecular formula is C20H29N3O4. The second kappa shape index (κ2) is 9.19. The second-order valence-corrected chi connectivity index (χ2v) is 7.21. The molecule has 27 heavy (non-hydrogen) atoms. The van der Waals surface area contributed by atoms with Gasteiger partial charge in [0.15, 0.2) is 0 Å². The van der Waals surface area contributed by atoms with Crippen LogP contribution < -0.4 is 15.8 Å². The van der Waals surface area contributed by atoms with Crippen molar-refractivity contribution in [2.24, 2.45) is 5.73 Å². The van der Waals surface area contributed by atoms with E-state index in [1.54, 1.807) is 7.11 Å². The summed E-state index contributed by atoms with van der Waals surface area (Å²) in [4.78, 5) is 26.8. The summed E-state index contributed by atoms with van der Waals surface area (Å²) in [5.41, 5.74) is 6.49. The number of ether oxygens (including phenoxy) is 2. The normalized spacial score (nSPS) is 23.3. The van der Waals surface area contributed by atoms with Crippen molar-refractivity contribution >= 4 is 11.8 Å².